The van der Waals surface area contributed by atoms with Gasteiger partial charge in [0.15, 0.2) is 0 Å². The van der Waals surface area contributed by atoms with Crippen LogP contribution in [0.2, 0.25) is 0 Å². The van der Waals surface area contributed by atoms with Crippen molar-refractivity contribution in [2.75, 3.05) is 0 Å². The molecule has 0 bridgehead atoms. The number of hydrogen-bond acceptors (Lipinski definition) is 6. The van der Waals surface area contributed by atoms with Gasteiger partial charge in [-0.2, -0.15) is 0 Å². The van der Waals surface area contributed by atoms with Crippen LogP contribution in [-0.4, -0.2) is 55.0 Å². The van der Waals surface area contributed by atoms with E-state index in [1.807, 2.05) is 115 Å². The van der Waals surface area contributed by atoms with Crippen molar-refractivity contribution in [3.8, 4) is 0 Å². The Morgan fingerprint density at radius 1 is 0.420 bits per heavy atom. The maximum atomic E-state index is 8.16. The molecule has 0 spiro atoms. The van der Waals surface area contributed by atoms with Crippen molar-refractivity contribution in [1.82, 2.24) is 0 Å². The summed E-state index contributed by atoms with van der Waals surface area (Å²) in [6.07, 6.45) is 0. The zero-order valence-corrected chi connectivity index (χ0v) is 34.5. The first kappa shape index (κ1) is 34.6. The second-order valence-corrected chi connectivity index (χ2v) is 27.3. The quantitative estimate of drug-likeness (QED) is 0.232. The molecule has 1 atom stereocenters. The second kappa shape index (κ2) is 16.0. The fourth-order valence-electron chi connectivity index (χ4n) is 6.29. The van der Waals surface area contributed by atoms with Gasteiger partial charge >= 0.3 is 35.0 Å². The lowest BCUT2D eigenvalue weighted by atomic mass is 10.4. The van der Waals surface area contributed by atoms with E-state index in [0.29, 0.717) is 0 Å². The zero-order valence-electron chi connectivity index (χ0n) is 27.5. The summed E-state index contributed by atoms with van der Waals surface area (Å²) in [6.45, 7) is 4.17. The van der Waals surface area contributed by atoms with E-state index >= 15 is 0 Å². The predicted molar refractivity (Wildman–Crippen MR) is 215 cm³/mol. The standard InChI is InChI=1S/C38H38O6Si6/c1-2-47-40-45-39-46-41-48(33-21-9-3-10-22-33,34-23-11-4-12-24-34)43-50(37-29-17-7-18-30-37,38-31-19-8-20-32-38)44-49(42-47,35-25-13-5-14-26-35)36-27-15-6-16-28-36/h2-32,47H,1,45-46H2. The van der Waals surface area contributed by atoms with E-state index in [4.69, 9.17) is 24.7 Å². The fraction of sp³-hybridized carbons (Fsp3) is 0. The van der Waals surface area contributed by atoms with E-state index in [9.17, 15) is 0 Å². The smallest absolute Gasteiger partial charge is 0.390 e. The fourth-order valence-corrected chi connectivity index (χ4v) is 29.4. The van der Waals surface area contributed by atoms with Crippen LogP contribution in [0.4, 0.5) is 0 Å². The molecule has 7 rings (SSSR count). The molecule has 6 aromatic carbocycles. The minimum absolute atomic E-state index is 0.942. The molecule has 0 aromatic heterocycles. The lowest BCUT2D eigenvalue weighted by Crippen LogP contribution is -2.81. The van der Waals surface area contributed by atoms with Crippen molar-refractivity contribution in [3.63, 3.8) is 0 Å². The van der Waals surface area contributed by atoms with Gasteiger partial charge in [0.25, 0.3) is 20.0 Å². The number of rotatable bonds is 7. The van der Waals surface area contributed by atoms with Gasteiger partial charge in [0.1, 0.15) is 0 Å². The molecule has 0 saturated carbocycles. The SMILES string of the molecule is C=C[SiH]1O[SiH2]O[SiH2]O[Si](c2ccccc2)(c2ccccc2)O[Si](c2ccccc2)(c2ccccc2)O[Si](c2ccccc2)(c2ccccc2)O1. The Balaban J connectivity index is 1.61. The van der Waals surface area contributed by atoms with Gasteiger partial charge in [-0.25, -0.2) is 0 Å². The average Bonchev–Trinajstić information content (AvgIpc) is 3.20. The van der Waals surface area contributed by atoms with Crippen LogP contribution < -0.4 is 31.1 Å². The van der Waals surface area contributed by atoms with Crippen LogP contribution in [0, 0.1) is 0 Å². The highest BCUT2D eigenvalue weighted by Crippen LogP contribution is 2.25. The monoisotopic (exact) mass is 758 g/mol. The van der Waals surface area contributed by atoms with Crippen molar-refractivity contribution in [1.29, 1.82) is 0 Å². The summed E-state index contributed by atoms with van der Waals surface area (Å²) in [7, 11) is -16.8. The van der Waals surface area contributed by atoms with Crippen LogP contribution in [0.15, 0.2) is 194 Å². The minimum Gasteiger partial charge on any atom is -0.425 e. The number of benzene rings is 6. The molecule has 1 saturated heterocycles. The molecule has 0 radical (unpaired) electrons. The Morgan fingerprint density at radius 3 is 1.10 bits per heavy atom. The first-order chi connectivity index (χ1) is 24.7. The molecule has 0 aliphatic carbocycles. The van der Waals surface area contributed by atoms with Crippen LogP contribution in [0.1, 0.15) is 0 Å². The van der Waals surface area contributed by atoms with Gasteiger partial charge in [-0.15, -0.1) is 6.58 Å². The van der Waals surface area contributed by atoms with Gasteiger partial charge in [0.05, 0.1) is 0 Å². The molecule has 1 fully saturated rings. The first-order valence-corrected chi connectivity index (χ1v) is 25.9. The van der Waals surface area contributed by atoms with Gasteiger partial charge in [-0.05, 0) is 31.1 Å². The molecular weight excluding hydrogens is 721 g/mol. The molecular formula is C38H38O6Si6. The van der Waals surface area contributed by atoms with Gasteiger partial charge in [-0.1, -0.05) is 188 Å². The highest BCUT2D eigenvalue weighted by atomic mass is 28.5. The summed E-state index contributed by atoms with van der Waals surface area (Å²) >= 11 is 0. The minimum atomic E-state index is -3.87. The van der Waals surface area contributed by atoms with E-state index in [1.54, 1.807) is 0 Å². The molecule has 6 nitrogen and oxygen atoms in total. The summed E-state index contributed by atoms with van der Waals surface area (Å²) in [5, 5.41) is 5.72. The van der Waals surface area contributed by atoms with Crippen molar-refractivity contribution < 1.29 is 24.7 Å². The van der Waals surface area contributed by atoms with Crippen molar-refractivity contribution >= 4 is 86.1 Å². The summed E-state index contributed by atoms with van der Waals surface area (Å²) in [4.78, 5) is 0. The van der Waals surface area contributed by atoms with Crippen LogP contribution in [0.5, 0.6) is 0 Å². The van der Waals surface area contributed by atoms with Crippen LogP contribution in [0.3, 0.4) is 0 Å². The van der Waals surface area contributed by atoms with E-state index in [1.165, 1.54) is 0 Å². The number of hydrogen-bond donors (Lipinski definition) is 0. The Morgan fingerprint density at radius 2 is 0.740 bits per heavy atom. The molecule has 0 N–H and O–H groups in total. The molecule has 12 heteroatoms. The van der Waals surface area contributed by atoms with Crippen LogP contribution in [0.25, 0.3) is 0 Å². The summed E-state index contributed by atoms with van der Waals surface area (Å²) < 4.78 is 43.8. The highest BCUT2D eigenvalue weighted by Gasteiger charge is 2.60. The van der Waals surface area contributed by atoms with Gasteiger partial charge < -0.3 is 24.7 Å². The molecule has 6 aromatic rings. The van der Waals surface area contributed by atoms with E-state index in [0.717, 1.165) is 31.1 Å². The lowest BCUT2D eigenvalue weighted by Gasteiger charge is -2.47. The van der Waals surface area contributed by atoms with Crippen LogP contribution in [-0.2, 0) is 24.7 Å². The maximum Gasteiger partial charge on any atom is 0.390 e. The Bertz CT molecular complexity index is 1830. The van der Waals surface area contributed by atoms with Gasteiger partial charge in [0, 0.05) is 0 Å². The summed E-state index contributed by atoms with van der Waals surface area (Å²) in [6, 6.07) is 62.0. The Labute approximate surface area is 303 Å². The van der Waals surface area contributed by atoms with Gasteiger partial charge in [0.2, 0.25) is 0 Å². The third-order valence-corrected chi connectivity index (χ3v) is 27.7. The van der Waals surface area contributed by atoms with Crippen LogP contribution >= 0.6 is 0 Å². The van der Waals surface area contributed by atoms with Gasteiger partial charge in [-0.3, -0.25) is 0 Å². The maximum absolute atomic E-state index is 8.16. The predicted octanol–water partition coefficient (Wildman–Crippen LogP) is 1.81. The topological polar surface area (TPSA) is 55.4 Å². The molecule has 1 unspecified atom stereocenters. The lowest BCUT2D eigenvalue weighted by molar-refractivity contribution is 0.296. The third-order valence-electron chi connectivity index (χ3n) is 8.63. The summed E-state index contributed by atoms with van der Waals surface area (Å²) in [5.74, 6) is 0. The third kappa shape index (κ3) is 7.02. The van der Waals surface area contributed by atoms with E-state index in [-0.39, 0.29) is 0 Å². The Kier molecular flexibility index (Phi) is 11.1. The zero-order chi connectivity index (χ0) is 34.1. The average molecular weight is 759 g/mol. The highest BCUT2D eigenvalue weighted by molar-refractivity contribution is 7.10. The normalized spacial score (nSPS) is 19.9. The van der Waals surface area contributed by atoms with Crippen molar-refractivity contribution in [2.45, 2.75) is 0 Å². The Hall–Kier alpha value is -3.88. The second-order valence-electron chi connectivity index (χ2n) is 11.7. The molecule has 1 heterocycles. The largest absolute Gasteiger partial charge is 0.425 e. The van der Waals surface area contributed by atoms with Crippen molar-refractivity contribution in [2.24, 2.45) is 0 Å². The van der Waals surface area contributed by atoms with E-state index in [2.05, 4.69) is 79.4 Å². The molecule has 1 aliphatic rings. The molecule has 250 valence electrons. The van der Waals surface area contributed by atoms with Crippen molar-refractivity contribution in [3.05, 3.63) is 194 Å². The summed E-state index contributed by atoms with van der Waals surface area (Å²) in [5.41, 5.74) is 1.82. The first-order valence-electron chi connectivity index (χ1n) is 16.6. The van der Waals surface area contributed by atoms with E-state index < -0.39 is 55.0 Å². The molecule has 1 aliphatic heterocycles. The molecule has 0 amide bonds. The molecule has 50 heavy (non-hydrogen) atoms.